The fraction of sp³-hybridized carbons (Fsp3) is 0.357. The van der Waals surface area contributed by atoms with Crippen molar-refractivity contribution in [2.45, 2.75) is 6.92 Å². The molecule has 6 nitrogen and oxygen atoms in total. The lowest BCUT2D eigenvalue weighted by molar-refractivity contribution is -0.143. The van der Waals surface area contributed by atoms with Crippen LogP contribution in [0.1, 0.15) is 22.8 Å². The quantitative estimate of drug-likeness (QED) is 0.619. The minimum absolute atomic E-state index is 0.106. The average Bonchev–Trinajstić information content (AvgIpc) is 2.44. The maximum atomic E-state index is 12.1. The zero-order chi connectivity index (χ0) is 15.0. The molecule has 0 unspecified atom stereocenters. The molecule has 1 heterocycles. The van der Waals surface area contributed by atoms with Crippen LogP contribution in [0.15, 0.2) is 18.5 Å². The van der Waals surface area contributed by atoms with Crippen molar-refractivity contribution in [1.29, 1.82) is 0 Å². The van der Waals surface area contributed by atoms with Gasteiger partial charge in [0.15, 0.2) is 0 Å². The Bertz CT molecular complexity index is 546. The van der Waals surface area contributed by atoms with E-state index < -0.39 is 5.97 Å². The van der Waals surface area contributed by atoms with Crippen molar-refractivity contribution in [3.63, 3.8) is 0 Å². The normalized spacial score (nSPS) is 9.35. The monoisotopic (exact) mass is 275 g/mol. The number of nitrogens with zero attached hydrogens (tertiary/aromatic N) is 2. The van der Waals surface area contributed by atoms with Crippen LogP contribution in [-0.2, 0) is 9.53 Å². The molecule has 0 radical (unpaired) electrons. The van der Waals surface area contributed by atoms with Crippen LogP contribution < -0.4 is 5.73 Å². The summed E-state index contributed by atoms with van der Waals surface area (Å²) < 4.78 is 4.79. The Labute approximate surface area is 117 Å². The number of hydrogen-bond donors (Lipinski definition) is 1. The molecule has 106 valence electrons. The molecule has 0 fully saturated rings. The Kier molecular flexibility index (Phi) is 6.20. The number of carbonyl (C=O) groups excluding carboxylic acids is 2. The molecule has 0 spiro atoms. The number of rotatable bonds is 4. The highest BCUT2D eigenvalue weighted by atomic mass is 16.5. The molecule has 0 aliphatic rings. The highest BCUT2D eigenvalue weighted by Gasteiger charge is 2.16. The van der Waals surface area contributed by atoms with Gasteiger partial charge < -0.3 is 15.4 Å². The van der Waals surface area contributed by atoms with Crippen molar-refractivity contribution >= 4 is 11.9 Å². The van der Waals surface area contributed by atoms with Crippen LogP contribution in [0.25, 0.3) is 0 Å². The van der Waals surface area contributed by atoms with Gasteiger partial charge in [0.05, 0.1) is 18.7 Å². The summed E-state index contributed by atoms with van der Waals surface area (Å²) in [5, 5.41) is 0. The molecule has 6 heteroatoms. The Morgan fingerprint density at radius 3 is 2.85 bits per heavy atom. The van der Waals surface area contributed by atoms with Gasteiger partial charge in [-0.25, -0.2) is 0 Å². The third-order valence-corrected chi connectivity index (χ3v) is 2.34. The van der Waals surface area contributed by atoms with E-state index in [1.54, 1.807) is 19.2 Å². The smallest absolute Gasteiger partial charge is 0.325 e. The molecule has 0 bridgehead atoms. The van der Waals surface area contributed by atoms with Gasteiger partial charge in [0.2, 0.25) is 0 Å². The maximum absolute atomic E-state index is 12.1. The minimum Gasteiger partial charge on any atom is -0.465 e. The highest BCUT2D eigenvalue weighted by Crippen LogP contribution is 2.05. The summed E-state index contributed by atoms with van der Waals surface area (Å²) in [7, 11) is 1.53. The van der Waals surface area contributed by atoms with E-state index in [2.05, 4.69) is 16.8 Å². The topological polar surface area (TPSA) is 85.5 Å². The van der Waals surface area contributed by atoms with E-state index in [0.29, 0.717) is 11.1 Å². The number of esters is 1. The molecule has 2 N–H and O–H groups in total. The number of nitrogens with two attached hydrogens (primary N) is 1. The van der Waals surface area contributed by atoms with Gasteiger partial charge in [0, 0.05) is 25.0 Å². The largest absolute Gasteiger partial charge is 0.465 e. The number of likely N-dealkylation sites (N-methyl/N-ethyl adjacent to an activating group) is 1. The zero-order valence-corrected chi connectivity index (χ0v) is 11.5. The van der Waals surface area contributed by atoms with Crippen molar-refractivity contribution in [2.75, 3.05) is 26.7 Å². The van der Waals surface area contributed by atoms with Crippen LogP contribution in [0.4, 0.5) is 0 Å². The first-order valence-electron chi connectivity index (χ1n) is 6.13. The second-order valence-corrected chi connectivity index (χ2v) is 3.93. The molecular formula is C14H17N3O3. The van der Waals surface area contributed by atoms with Gasteiger partial charge >= 0.3 is 5.97 Å². The van der Waals surface area contributed by atoms with E-state index in [1.165, 1.54) is 18.1 Å². The number of aromatic nitrogens is 1. The van der Waals surface area contributed by atoms with E-state index in [1.807, 2.05) is 0 Å². The lowest BCUT2D eigenvalue weighted by Crippen LogP contribution is -2.33. The fourth-order valence-corrected chi connectivity index (χ4v) is 1.47. The van der Waals surface area contributed by atoms with Crippen LogP contribution in [0, 0.1) is 11.8 Å². The second-order valence-electron chi connectivity index (χ2n) is 3.93. The molecule has 1 aromatic heterocycles. The summed E-state index contributed by atoms with van der Waals surface area (Å²) in [6.45, 7) is 2.13. The standard InChI is InChI=1S/C14H17N3O3/c1-3-20-13(18)10-17(2)14(19)12-7-11(5-4-6-15)8-16-9-12/h7-9H,3,6,10,15H2,1-2H3. The third kappa shape index (κ3) is 4.71. The van der Waals surface area contributed by atoms with Crippen molar-refractivity contribution in [1.82, 2.24) is 9.88 Å². The molecule has 0 aromatic carbocycles. The molecule has 0 saturated heterocycles. The molecule has 1 amide bonds. The number of carbonyl (C=O) groups is 2. The molecule has 0 aliphatic heterocycles. The van der Waals surface area contributed by atoms with Crippen LogP contribution in [-0.4, -0.2) is 48.5 Å². The maximum Gasteiger partial charge on any atom is 0.325 e. The first-order chi connectivity index (χ1) is 9.58. The highest BCUT2D eigenvalue weighted by molar-refractivity contribution is 5.95. The third-order valence-electron chi connectivity index (χ3n) is 2.34. The number of ether oxygens (including phenoxy) is 1. The molecule has 0 aliphatic carbocycles. The van der Waals surface area contributed by atoms with E-state index in [-0.39, 0.29) is 25.6 Å². The molecule has 1 rings (SSSR count). The van der Waals surface area contributed by atoms with Crippen LogP contribution in [0.2, 0.25) is 0 Å². The Morgan fingerprint density at radius 2 is 2.20 bits per heavy atom. The van der Waals surface area contributed by atoms with Crippen molar-refractivity contribution in [3.8, 4) is 11.8 Å². The summed E-state index contributed by atoms with van der Waals surface area (Å²) in [6.07, 6.45) is 2.97. The van der Waals surface area contributed by atoms with Gasteiger partial charge in [0.1, 0.15) is 6.54 Å². The van der Waals surface area contributed by atoms with Crippen LogP contribution >= 0.6 is 0 Å². The van der Waals surface area contributed by atoms with Gasteiger partial charge in [-0.05, 0) is 13.0 Å². The summed E-state index contributed by atoms with van der Waals surface area (Å²) in [4.78, 5) is 28.7. The molecule has 0 saturated carbocycles. The minimum atomic E-state index is -0.449. The number of amides is 1. The lowest BCUT2D eigenvalue weighted by Gasteiger charge is -2.15. The van der Waals surface area contributed by atoms with E-state index in [0.717, 1.165) is 0 Å². The molecule has 20 heavy (non-hydrogen) atoms. The van der Waals surface area contributed by atoms with Gasteiger partial charge in [-0.2, -0.15) is 0 Å². The summed E-state index contributed by atoms with van der Waals surface area (Å²) in [6, 6.07) is 1.61. The van der Waals surface area contributed by atoms with E-state index in [4.69, 9.17) is 10.5 Å². The van der Waals surface area contributed by atoms with Crippen molar-refractivity contribution < 1.29 is 14.3 Å². The zero-order valence-electron chi connectivity index (χ0n) is 11.5. The summed E-state index contributed by atoms with van der Waals surface area (Å²) in [5.41, 5.74) is 6.25. The van der Waals surface area contributed by atoms with E-state index in [9.17, 15) is 9.59 Å². The predicted molar refractivity (Wildman–Crippen MR) is 73.8 cm³/mol. The van der Waals surface area contributed by atoms with Crippen LogP contribution in [0.5, 0.6) is 0 Å². The van der Waals surface area contributed by atoms with Crippen LogP contribution in [0.3, 0.4) is 0 Å². The van der Waals surface area contributed by atoms with Gasteiger partial charge in [-0.15, -0.1) is 0 Å². The van der Waals surface area contributed by atoms with Crippen molar-refractivity contribution in [3.05, 3.63) is 29.6 Å². The predicted octanol–water partition coefficient (Wildman–Crippen LogP) is 0.0269. The van der Waals surface area contributed by atoms with Gasteiger partial charge in [0.25, 0.3) is 5.91 Å². The molecule has 1 aromatic rings. The van der Waals surface area contributed by atoms with E-state index >= 15 is 0 Å². The number of pyridine rings is 1. The van der Waals surface area contributed by atoms with Gasteiger partial charge in [-0.3, -0.25) is 14.6 Å². The van der Waals surface area contributed by atoms with Crippen molar-refractivity contribution in [2.24, 2.45) is 5.73 Å². The summed E-state index contributed by atoms with van der Waals surface area (Å²) >= 11 is 0. The SMILES string of the molecule is CCOC(=O)CN(C)C(=O)c1cncc(C#CCN)c1. The Hall–Kier alpha value is -2.39. The summed E-state index contributed by atoms with van der Waals surface area (Å²) in [5.74, 6) is 4.72. The fourth-order valence-electron chi connectivity index (χ4n) is 1.47. The first-order valence-corrected chi connectivity index (χ1v) is 6.13. The molecule has 0 atom stereocenters. The average molecular weight is 275 g/mol. The lowest BCUT2D eigenvalue weighted by atomic mass is 10.2. The Balaban J connectivity index is 2.78. The van der Waals surface area contributed by atoms with Gasteiger partial charge in [-0.1, -0.05) is 11.8 Å². The Morgan fingerprint density at radius 1 is 1.45 bits per heavy atom. The number of hydrogen-bond acceptors (Lipinski definition) is 5. The second kappa shape index (κ2) is 7.92. The molecular weight excluding hydrogens is 258 g/mol. The first kappa shape index (κ1) is 15.7.